The minimum Gasteiger partial charge on any atom is -0.872 e. The molecule has 1 saturated heterocycles. The number of carbonyl (C=O) groups excluding carboxylic acids is 1. The Morgan fingerprint density at radius 3 is 2.60 bits per heavy atom. The first-order valence-corrected chi connectivity index (χ1v) is 11.9. The highest BCUT2D eigenvalue weighted by Gasteiger charge is 2.22. The number of carbonyl (C=O) groups is 1. The van der Waals surface area contributed by atoms with E-state index in [1.165, 1.54) is 23.3 Å². The topological polar surface area (TPSA) is 117 Å². The summed E-state index contributed by atoms with van der Waals surface area (Å²) in [7, 11) is 0. The Balaban J connectivity index is 1.51. The van der Waals surface area contributed by atoms with Gasteiger partial charge in [-0.15, -0.1) is 0 Å². The smallest absolute Gasteiger partial charge is 0.338 e. The van der Waals surface area contributed by atoms with Gasteiger partial charge in [0.25, 0.3) is 0 Å². The average molecular weight is 483 g/mol. The van der Waals surface area contributed by atoms with Crippen LogP contribution in [-0.4, -0.2) is 61.9 Å². The molecule has 186 valence electrons. The van der Waals surface area contributed by atoms with Crippen LogP contribution in [-0.2, 0) is 11.3 Å². The van der Waals surface area contributed by atoms with Crippen molar-refractivity contribution in [2.24, 2.45) is 0 Å². The van der Waals surface area contributed by atoms with E-state index < -0.39 is 5.97 Å². The molecular formula is C26H30N2O7. The van der Waals surface area contributed by atoms with Gasteiger partial charge in [0.15, 0.2) is 0 Å². The summed E-state index contributed by atoms with van der Waals surface area (Å²) in [5.74, 6) is -0.213. The van der Waals surface area contributed by atoms with Crippen molar-refractivity contribution in [3.63, 3.8) is 0 Å². The van der Waals surface area contributed by atoms with E-state index in [4.69, 9.17) is 19.0 Å². The number of hydrogen-bond donors (Lipinski definition) is 2. The highest BCUT2D eigenvalue weighted by Crippen LogP contribution is 2.27. The largest absolute Gasteiger partial charge is 0.872 e. The van der Waals surface area contributed by atoms with Crippen molar-refractivity contribution in [3.05, 3.63) is 64.0 Å². The molecule has 4 rings (SSSR count). The molecule has 0 aliphatic carbocycles. The Labute approximate surface area is 203 Å². The van der Waals surface area contributed by atoms with E-state index >= 15 is 0 Å². The number of β-amino-alcohol motifs (C(OH)–C–C–N with tert-alkyl or cyclic N) is 1. The maximum absolute atomic E-state index is 13.1. The van der Waals surface area contributed by atoms with E-state index in [9.17, 15) is 14.7 Å². The number of rotatable bonds is 9. The predicted molar refractivity (Wildman–Crippen MR) is 127 cm³/mol. The fraction of sp³-hybridized carbons (Fsp3) is 0.385. The number of ether oxygens (including phenoxy) is 2. The standard InChI is InChI=1S/C26H30N2O7/c1-2-15-33-26(32)18-3-5-19(6-4-18)35-23-17-34-25-20(24(23)31)7-8-22(30)21(25)16-28-11-9-27(10-12-28)13-14-29/h3-8,17,29-30H,2,9-16H2,1H3. The molecule has 2 heterocycles. The number of aliphatic hydroxyl groups is 1. The van der Waals surface area contributed by atoms with Crippen LogP contribution in [0.25, 0.3) is 11.0 Å². The monoisotopic (exact) mass is 482 g/mol. The maximum atomic E-state index is 13.1. The van der Waals surface area contributed by atoms with Crippen LogP contribution in [0.2, 0.25) is 0 Å². The molecule has 0 saturated carbocycles. The van der Waals surface area contributed by atoms with Gasteiger partial charge in [-0.3, -0.25) is 9.69 Å². The number of piperazine rings is 1. The quantitative estimate of drug-likeness (QED) is 0.433. The molecule has 0 amide bonds. The molecule has 1 aromatic heterocycles. The van der Waals surface area contributed by atoms with Gasteiger partial charge in [0.1, 0.15) is 24.1 Å². The van der Waals surface area contributed by atoms with Gasteiger partial charge < -0.3 is 29.0 Å². The number of quaternary nitrogens is 1. The Kier molecular flexibility index (Phi) is 8.02. The number of nitrogens with one attached hydrogen (secondary N) is 1. The molecule has 9 nitrogen and oxygen atoms in total. The van der Waals surface area contributed by atoms with Gasteiger partial charge in [-0.05, 0) is 36.8 Å². The predicted octanol–water partition coefficient (Wildman–Crippen LogP) is 0.919. The molecule has 2 N–H and O–H groups in total. The van der Waals surface area contributed by atoms with E-state index in [1.54, 1.807) is 24.3 Å². The second-order valence-corrected chi connectivity index (χ2v) is 8.60. The zero-order chi connectivity index (χ0) is 24.8. The highest BCUT2D eigenvalue weighted by molar-refractivity contribution is 5.89. The van der Waals surface area contributed by atoms with Crippen molar-refractivity contribution in [2.75, 3.05) is 45.9 Å². The Hall–Kier alpha value is -3.40. The van der Waals surface area contributed by atoms with Gasteiger partial charge in [0, 0.05) is 25.2 Å². The SMILES string of the molecule is CCCOC(=O)c1ccc(Oc2coc3c(C[NH+]4CCN(CCO)CC4)c([O-])ccc3c2=O)cc1. The minimum atomic E-state index is -0.415. The normalized spacial score (nSPS) is 14.8. The molecule has 0 radical (unpaired) electrons. The molecule has 35 heavy (non-hydrogen) atoms. The van der Waals surface area contributed by atoms with E-state index in [0.717, 1.165) is 32.6 Å². The zero-order valence-electron chi connectivity index (χ0n) is 19.7. The average Bonchev–Trinajstić information content (AvgIpc) is 2.87. The number of esters is 1. The number of nitrogens with zero attached hydrogens (tertiary/aromatic N) is 1. The van der Waals surface area contributed by atoms with Gasteiger partial charge in [-0.1, -0.05) is 18.7 Å². The number of benzene rings is 2. The molecule has 1 aliphatic heterocycles. The second-order valence-electron chi connectivity index (χ2n) is 8.60. The molecule has 0 bridgehead atoms. The summed E-state index contributed by atoms with van der Waals surface area (Å²) in [6.45, 7) is 6.87. The highest BCUT2D eigenvalue weighted by atomic mass is 16.5. The Morgan fingerprint density at radius 1 is 1.17 bits per heavy atom. The molecule has 0 unspecified atom stereocenters. The minimum absolute atomic E-state index is 0.00614. The third-order valence-electron chi connectivity index (χ3n) is 6.13. The van der Waals surface area contributed by atoms with Crippen LogP contribution in [0.15, 0.2) is 51.9 Å². The molecule has 3 aromatic rings. The number of hydrogen-bond acceptors (Lipinski definition) is 8. The molecule has 9 heteroatoms. The van der Waals surface area contributed by atoms with Crippen molar-refractivity contribution in [3.8, 4) is 17.2 Å². The van der Waals surface area contributed by atoms with Crippen LogP contribution in [0.1, 0.15) is 29.3 Å². The Morgan fingerprint density at radius 2 is 1.91 bits per heavy atom. The van der Waals surface area contributed by atoms with E-state index in [2.05, 4.69) is 4.90 Å². The van der Waals surface area contributed by atoms with Crippen molar-refractivity contribution in [2.45, 2.75) is 19.9 Å². The van der Waals surface area contributed by atoms with Crippen LogP contribution in [0.4, 0.5) is 0 Å². The second kappa shape index (κ2) is 11.4. The van der Waals surface area contributed by atoms with Gasteiger partial charge in [-0.25, -0.2) is 4.79 Å². The fourth-order valence-electron chi connectivity index (χ4n) is 4.18. The lowest BCUT2D eigenvalue weighted by atomic mass is 10.1. The van der Waals surface area contributed by atoms with Crippen LogP contribution < -0.4 is 20.2 Å². The molecule has 0 atom stereocenters. The fourth-order valence-corrected chi connectivity index (χ4v) is 4.18. The van der Waals surface area contributed by atoms with Crippen LogP contribution in [0, 0.1) is 0 Å². The summed E-state index contributed by atoms with van der Waals surface area (Å²) in [6.07, 6.45) is 1.97. The summed E-state index contributed by atoms with van der Waals surface area (Å²) < 4.78 is 16.6. The van der Waals surface area contributed by atoms with Gasteiger partial charge in [0.2, 0.25) is 11.2 Å². The van der Waals surface area contributed by atoms with Crippen molar-refractivity contribution < 1.29 is 33.8 Å². The molecule has 1 aliphatic rings. The van der Waals surface area contributed by atoms with Gasteiger partial charge in [-0.2, -0.15) is 0 Å². The van der Waals surface area contributed by atoms with Crippen LogP contribution >= 0.6 is 0 Å². The lowest BCUT2D eigenvalue weighted by molar-refractivity contribution is -0.918. The first-order valence-electron chi connectivity index (χ1n) is 11.9. The number of aliphatic hydroxyl groups excluding tert-OH is 1. The zero-order valence-corrected chi connectivity index (χ0v) is 19.7. The first-order chi connectivity index (χ1) is 17.0. The molecule has 2 aromatic carbocycles. The van der Waals surface area contributed by atoms with E-state index in [1.807, 2.05) is 6.92 Å². The summed E-state index contributed by atoms with van der Waals surface area (Å²) in [5.41, 5.74) is 0.784. The van der Waals surface area contributed by atoms with Crippen LogP contribution in [0.3, 0.4) is 0 Å². The molecule has 1 fully saturated rings. The lowest BCUT2D eigenvalue weighted by Gasteiger charge is -2.32. The summed E-state index contributed by atoms with van der Waals surface area (Å²) in [5, 5.41) is 22.0. The Bertz CT molecular complexity index is 1210. The molecular weight excluding hydrogens is 452 g/mol. The third-order valence-corrected chi connectivity index (χ3v) is 6.13. The van der Waals surface area contributed by atoms with E-state index in [-0.39, 0.29) is 34.5 Å². The van der Waals surface area contributed by atoms with Crippen molar-refractivity contribution in [1.82, 2.24) is 4.90 Å². The summed E-state index contributed by atoms with van der Waals surface area (Å²) >= 11 is 0. The van der Waals surface area contributed by atoms with Crippen LogP contribution in [0.5, 0.6) is 17.2 Å². The maximum Gasteiger partial charge on any atom is 0.338 e. The van der Waals surface area contributed by atoms with Crippen molar-refractivity contribution >= 4 is 16.9 Å². The lowest BCUT2D eigenvalue weighted by Crippen LogP contribution is -3.13. The van der Waals surface area contributed by atoms with E-state index in [0.29, 0.717) is 36.6 Å². The van der Waals surface area contributed by atoms with Gasteiger partial charge >= 0.3 is 5.97 Å². The van der Waals surface area contributed by atoms with Crippen molar-refractivity contribution in [1.29, 1.82) is 0 Å². The summed E-state index contributed by atoms with van der Waals surface area (Å²) in [6, 6.07) is 9.18. The van der Waals surface area contributed by atoms with Gasteiger partial charge in [0.05, 0.1) is 37.3 Å². The summed E-state index contributed by atoms with van der Waals surface area (Å²) in [4.78, 5) is 28.5. The number of fused-ring (bicyclic) bond motifs is 1. The molecule has 0 spiro atoms. The third kappa shape index (κ3) is 5.82. The first kappa shape index (κ1) is 24.7.